The monoisotopic (exact) mass is 657 g/mol. The number of pyridine rings is 1. The Morgan fingerprint density at radius 3 is 2.38 bits per heavy atom. The number of benzene rings is 2. The first-order valence-corrected chi connectivity index (χ1v) is 17.7. The van der Waals surface area contributed by atoms with Gasteiger partial charge in [0.2, 0.25) is 5.91 Å². The molecule has 1 aromatic heterocycles. The van der Waals surface area contributed by atoms with Crippen molar-refractivity contribution in [2.24, 2.45) is 5.92 Å². The molecule has 1 amide bonds. The van der Waals surface area contributed by atoms with Crippen molar-refractivity contribution in [2.45, 2.75) is 117 Å². The second-order valence-electron chi connectivity index (χ2n) is 14.6. The first-order chi connectivity index (χ1) is 22.9. The predicted octanol–water partition coefficient (Wildman–Crippen LogP) is 7.27. The van der Waals surface area contributed by atoms with E-state index in [4.69, 9.17) is 0 Å². The van der Waals surface area contributed by atoms with Gasteiger partial charge in [0, 0.05) is 24.8 Å². The first kappa shape index (κ1) is 35.5. The zero-order valence-electron chi connectivity index (χ0n) is 29.5. The van der Waals surface area contributed by atoms with E-state index >= 15 is 0 Å². The van der Waals surface area contributed by atoms with E-state index < -0.39 is 18.1 Å². The van der Waals surface area contributed by atoms with Crippen LogP contribution in [-0.4, -0.2) is 46.1 Å². The molecule has 2 aliphatic rings. The number of halogens is 1. The molecule has 1 unspecified atom stereocenters. The average Bonchev–Trinajstić information content (AvgIpc) is 3.75. The van der Waals surface area contributed by atoms with Crippen LogP contribution >= 0.6 is 0 Å². The summed E-state index contributed by atoms with van der Waals surface area (Å²) in [7, 11) is 2.15. The number of nitrogens with zero attached hydrogens (tertiary/aromatic N) is 2. The molecule has 1 fully saturated rings. The van der Waals surface area contributed by atoms with Crippen LogP contribution in [0.2, 0.25) is 0 Å². The smallest absolute Gasteiger partial charge is 0.305 e. The summed E-state index contributed by atoms with van der Waals surface area (Å²) in [5.74, 6) is -1.57. The number of carboxylic acids is 1. The van der Waals surface area contributed by atoms with E-state index in [0.29, 0.717) is 18.0 Å². The van der Waals surface area contributed by atoms with Crippen LogP contribution in [0, 0.1) is 25.6 Å². The molecule has 3 aromatic rings. The molecular weight excluding hydrogens is 605 g/mol. The van der Waals surface area contributed by atoms with Crippen molar-refractivity contribution < 1.29 is 19.1 Å². The number of aryl methyl sites for hydroxylation is 4. The van der Waals surface area contributed by atoms with E-state index in [0.717, 1.165) is 84.0 Å². The van der Waals surface area contributed by atoms with E-state index in [1.165, 1.54) is 30.5 Å². The number of nitrogens with one attached hydrogen (secondary N) is 1. The number of rotatable bonds is 15. The second-order valence-corrected chi connectivity index (χ2v) is 14.6. The molecule has 2 atom stereocenters. The third-order valence-electron chi connectivity index (χ3n) is 10.1. The van der Waals surface area contributed by atoms with Gasteiger partial charge in [-0.15, -0.1) is 0 Å². The van der Waals surface area contributed by atoms with Gasteiger partial charge in [-0.05, 0) is 146 Å². The minimum atomic E-state index is -1.03. The van der Waals surface area contributed by atoms with Crippen molar-refractivity contribution in [1.82, 2.24) is 14.8 Å². The standard InChI is InChI=1S/C40H52FN3O4/c1-7-9-27-21-37(45)44(23-29(27)14-15-43(6)32-12-13-32)36(16-24(2)3)40(48)42-35(22-38(46)47)30-19-28-10-8-11-33(28)34(20-30)39-25(4)17-31(41)18-26(39)5/h17-21,23-24,32,35-36H,7-16,22H2,1-6H3,(H,42,48)(H,46,47)/t35?,36-/m1/s1. The lowest BCUT2D eigenvalue weighted by molar-refractivity contribution is -0.138. The molecule has 0 aliphatic heterocycles. The van der Waals surface area contributed by atoms with Gasteiger partial charge in [0.15, 0.2) is 0 Å². The number of carbonyl (C=O) groups excluding carboxylic acids is 1. The van der Waals surface area contributed by atoms with E-state index in [1.54, 1.807) is 10.6 Å². The Kier molecular flexibility index (Phi) is 11.2. The van der Waals surface area contributed by atoms with Crippen LogP contribution in [0.25, 0.3) is 11.1 Å². The topological polar surface area (TPSA) is 91.6 Å². The number of fused-ring (bicyclic) bond motifs is 1. The fourth-order valence-corrected chi connectivity index (χ4v) is 7.57. The number of aromatic nitrogens is 1. The number of carbonyl (C=O) groups is 2. The number of aliphatic carboxylic acids is 1. The molecule has 0 radical (unpaired) electrons. The SMILES string of the molecule is CCCc1cc(=O)n([C@H](CC(C)C)C(=O)NC(CC(=O)O)c2cc3c(c(-c4c(C)cc(F)cc4C)c2)CCC3)cc1CCN(C)C1CC1. The second kappa shape index (κ2) is 15.2. The predicted molar refractivity (Wildman–Crippen MR) is 189 cm³/mol. The average molecular weight is 658 g/mol. The third-order valence-corrected chi connectivity index (χ3v) is 10.1. The lowest BCUT2D eigenvalue weighted by Gasteiger charge is -2.27. The highest BCUT2D eigenvalue weighted by atomic mass is 19.1. The highest BCUT2D eigenvalue weighted by molar-refractivity contribution is 5.82. The maximum absolute atomic E-state index is 14.3. The number of hydrogen-bond acceptors (Lipinski definition) is 4. The summed E-state index contributed by atoms with van der Waals surface area (Å²) in [5.41, 5.74) is 8.52. The Labute approximate surface area is 284 Å². The van der Waals surface area contributed by atoms with Crippen LogP contribution in [-0.2, 0) is 35.3 Å². The van der Waals surface area contributed by atoms with E-state index in [9.17, 15) is 23.9 Å². The summed E-state index contributed by atoms with van der Waals surface area (Å²) in [6, 6.07) is 7.82. The molecule has 5 rings (SSSR count). The van der Waals surface area contributed by atoms with Gasteiger partial charge < -0.3 is 19.9 Å². The van der Waals surface area contributed by atoms with Crippen molar-refractivity contribution in [3.63, 3.8) is 0 Å². The van der Waals surface area contributed by atoms with Gasteiger partial charge in [0.25, 0.3) is 5.56 Å². The molecule has 0 spiro atoms. The molecule has 0 bridgehead atoms. The van der Waals surface area contributed by atoms with Crippen LogP contribution in [0.5, 0.6) is 0 Å². The molecule has 1 heterocycles. The summed E-state index contributed by atoms with van der Waals surface area (Å²) in [5, 5.41) is 13.1. The van der Waals surface area contributed by atoms with Crippen LogP contribution in [0.1, 0.15) is 110 Å². The lowest BCUT2D eigenvalue weighted by atomic mass is 9.87. The maximum Gasteiger partial charge on any atom is 0.305 e. The van der Waals surface area contributed by atoms with Crippen molar-refractivity contribution in [1.29, 1.82) is 0 Å². The van der Waals surface area contributed by atoms with Gasteiger partial charge >= 0.3 is 5.97 Å². The normalized spacial score (nSPS) is 15.5. The first-order valence-electron chi connectivity index (χ1n) is 17.7. The maximum atomic E-state index is 14.3. The molecule has 2 aromatic carbocycles. The Morgan fingerprint density at radius 2 is 1.75 bits per heavy atom. The van der Waals surface area contributed by atoms with Crippen LogP contribution in [0.15, 0.2) is 41.3 Å². The van der Waals surface area contributed by atoms with Crippen molar-refractivity contribution >= 4 is 11.9 Å². The number of carboxylic acid groups (broad SMARTS) is 1. The zero-order chi connectivity index (χ0) is 34.7. The van der Waals surface area contributed by atoms with E-state index in [2.05, 4.69) is 24.2 Å². The summed E-state index contributed by atoms with van der Waals surface area (Å²) >= 11 is 0. The molecule has 2 aliphatic carbocycles. The zero-order valence-corrected chi connectivity index (χ0v) is 29.5. The molecular formula is C40H52FN3O4. The fraction of sp³-hybridized carbons (Fsp3) is 0.525. The van der Waals surface area contributed by atoms with Crippen LogP contribution < -0.4 is 10.9 Å². The largest absolute Gasteiger partial charge is 0.481 e. The van der Waals surface area contributed by atoms with E-state index in [-0.39, 0.29) is 29.6 Å². The summed E-state index contributed by atoms with van der Waals surface area (Å²) in [6.07, 6.45) is 9.71. The highest BCUT2D eigenvalue weighted by Crippen LogP contribution is 2.39. The molecule has 2 N–H and O–H groups in total. The van der Waals surface area contributed by atoms with Gasteiger partial charge in [-0.25, -0.2) is 4.39 Å². The fourth-order valence-electron chi connectivity index (χ4n) is 7.57. The van der Waals surface area contributed by atoms with E-state index in [1.807, 2.05) is 46.0 Å². The third kappa shape index (κ3) is 8.25. The Balaban J connectivity index is 1.52. The lowest BCUT2D eigenvalue weighted by Crippen LogP contribution is -2.40. The van der Waals surface area contributed by atoms with Gasteiger partial charge in [-0.1, -0.05) is 33.3 Å². The Morgan fingerprint density at radius 1 is 1.04 bits per heavy atom. The minimum absolute atomic E-state index is 0.112. The molecule has 258 valence electrons. The van der Waals surface area contributed by atoms with Gasteiger partial charge in [0.1, 0.15) is 11.9 Å². The highest BCUT2D eigenvalue weighted by Gasteiger charge is 2.30. The Hall–Kier alpha value is -3.78. The van der Waals surface area contributed by atoms with Crippen molar-refractivity contribution in [3.05, 3.63) is 91.6 Å². The Bertz CT molecular complexity index is 1700. The number of likely N-dealkylation sites (N-methyl/N-ethyl adjacent to an activating group) is 1. The summed E-state index contributed by atoms with van der Waals surface area (Å²) in [6.45, 7) is 10.8. The molecule has 0 saturated heterocycles. The molecule has 7 nitrogen and oxygen atoms in total. The van der Waals surface area contributed by atoms with Gasteiger partial charge in [-0.2, -0.15) is 0 Å². The summed E-state index contributed by atoms with van der Waals surface area (Å²) in [4.78, 5) is 42.6. The quantitative estimate of drug-likeness (QED) is 0.179. The van der Waals surface area contributed by atoms with Crippen LogP contribution in [0.3, 0.4) is 0 Å². The van der Waals surface area contributed by atoms with Gasteiger partial charge in [-0.3, -0.25) is 14.4 Å². The summed E-state index contributed by atoms with van der Waals surface area (Å²) < 4.78 is 15.9. The molecule has 8 heteroatoms. The molecule has 1 saturated carbocycles. The van der Waals surface area contributed by atoms with Crippen LogP contribution in [0.4, 0.5) is 4.39 Å². The van der Waals surface area contributed by atoms with Crippen molar-refractivity contribution in [2.75, 3.05) is 13.6 Å². The van der Waals surface area contributed by atoms with Crippen molar-refractivity contribution in [3.8, 4) is 11.1 Å². The number of amides is 1. The molecule has 48 heavy (non-hydrogen) atoms. The minimum Gasteiger partial charge on any atom is -0.481 e. The number of hydrogen-bond donors (Lipinski definition) is 2. The van der Waals surface area contributed by atoms with Gasteiger partial charge in [0.05, 0.1) is 12.5 Å².